The van der Waals surface area contributed by atoms with E-state index in [1.54, 1.807) is 11.8 Å². The van der Waals surface area contributed by atoms with E-state index in [0.717, 1.165) is 45.1 Å². The highest BCUT2D eigenvalue weighted by Crippen LogP contribution is 2.28. The van der Waals surface area contributed by atoms with Crippen molar-refractivity contribution in [3.05, 3.63) is 41.5 Å². The maximum Gasteiger partial charge on any atom is 0.147 e. The number of fused-ring (bicyclic) bond motifs is 1. The molecule has 4 rings (SSSR count). The molecule has 0 unspecified atom stereocenters. The van der Waals surface area contributed by atoms with E-state index in [0.29, 0.717) is 5.92 Å². The van der Waals surface area contributed by atoms with Gasteiger partial charge in [-0.25, -0.2) is 0 Å². The fourth-order valence-corrected chi connectivity index (χ4v) is 4.16. The van der Waals surface area contributed by atoms with Gasteiger partial charge >= 0.3 is 0 Å². The van der Waals surface area contributed by atoms with E-state index in [9.17, 15) is 0 Å². The minimum atomic E-state index is 0. The Hall–Kier alpha value is -1.08. The Morgan fingerprint density at radius 1 is 1.12 bits per heavy atom. The molecule has 1 saturated heterocycles. The first-order valence-electron chi connectivity index (χ1n) is 8.81. The van der Waals surface area contributed by atoms with Crippen molar-refractivity contribution < 1.29 is 0 Å². The van der Waals surface area contributed by atoms with Crippen LogP contribution >= 0.6 is 24.2 Å². The van der Waals surface area contributed by atoms with Crippen molar-refractivity contribution in [3.63, 3.8) is 0 Å². The second-order valence-corrected chi connectivity index (χ2v) is 7.58. The van der Waals surface area contributed by atoms with Crippen molar-refractivity contribution in [1.82, 2.24) is 25.0 Å². The smallest absolute Gasteiger partial charge is 0.147 e. The number of hydrogen-bond acceptors (Lipinski definition) is 5. The summed E-state index contributed by atoms with van der Waals surface area (Å²) in [6.07, 6.45) is 4.50. The summed E-state index contributed by atoms with van der Waals surface area (Å²) in [5.74, 6) is 2.89. The number of benzene rings is 1. The molecule has 2 aliphatic rings. The zero-order valence-corrected chi connectivity index (χ0v) is 16.3. The minimum absolute atomic E-state index is 0. The molecular formula is C18H26ClN5S. The summed E-state index contributed by atoms with van der Waals surface area (Å²) < 4.78 is 2.35. The first kappa shape index (κ1) is 18.7. The molecule has 136 valence electrons. The molecule has 1 N–H and O–H groups in total. The number of piperidine rings is 1. The van der Waals surface area contributed by atoms with Crippen molar-refractivity contribution in [1.29, 1.82) is 0 Å². The van der Waals surface area contributed by atoms with Gasteiger partial charge in [0.1, 0.15) is 11.6 Å². The van der Waals surface area contributed by atoms with Crippen LogP contribution in [0.2, 0.25) is 0 Å². The Labute approximate surface area is 160 Å². The molecule has 0 bridgehead atoms. The van der Waals surface area contributed by atoms with Crippen molar-refractivity contribution >= 4 is 24.2 Å². The third-order valence-electron chi connectivity index (χ3n) is 5.17. The van der Waals surface area contributed by atoms with Crippen LogP contribution in [0, 0.1) is 0 Å². The van der Waals surface area contributed by atoms with Gasteiger partial charge in [0.15, 0.2) is 0 Å². The number of nitrogens with one attached hydrogen (secondary N) is 1. The van der Waals surface area contributed by atoms with E-state index in [2.05, 4.69) is 55.5 Å². The summed E-state index contributed by atoms with van der Waals surface area (Å²) in [6, 6.07) is 8.98. The normalized spacial score (nSPS) is 18.6. The van der Waals surface area contributed by atoms with E-state index in [1.165, 1.54) is 29.1 Å². The van der Waals surface area contributed by atoms with Gasteiger partial charge in [0.05, 0.1) is 6.54 Å². The topological polar surface area (TPSA) is 46.0 Å². The molecule has 2 aromatic rings. The van der Waals surface area contributed by atoms with Crippen LogP contribution in [0.3, 0.4) is 0 Å². The molecule has 5 nitrogen and oxygen atoms in total. The third kappa shape index (κ3) is 4.19. The molecule has 0 atom stereocenters. The highest BCUT2D eigenvalue weighted by Gasteiger charge is 2.26. The molecule has 25 heavy (non-hydrogen) atoms. The van der Waals surface area contributed by atoms with Crippen molar-refractivity contribution in [3.8, 4) is 0 Å². The third-order valence-corrected chi connectivity index (χ3v) is 5.91. The summed E-state index contributed by atoms with van der Waals surface area (Å²) in [5, 5.41) is 12.2. The maximum absolute atomic E-state index is 4.50. The highest BCUT2D eigenvalue weighted by atomic mass is 35.5. The van der Waals surface area contributed by atoms with Gasteiger partial charge in [0.25, 0.3) is 0 Å². The van der Waals surface area contributed by atoms with Gasteiger partial charge in [0, 0.05) is 30.4 Å². The monoisotopic (exact) mass is 379 g/mol. The molecule has 0 radical (unpaired) electrons. The Balaban J connectivity index is 0.00000182. The first-order chi connectivity index (χ1) is 11.8. The highest BCUT2D eigenvalue weighted by molar-refractivity contribution is 7.98. The van der Waals surface area contributed by atoms with Crippen LogP contribution in [0.5, 0.6) is 0 Å². The van der Waals surface area contributed by atoms with Crippen LogP contribution in [-0.4, -0.2) is 45.6 Å². The number of nitrogens with zero attached hydrogens (tertiary/aromatic N) is 4. The lowest BCUT2D eigenvalue weighted by Crippen LogP contribution is -2.34. The minimum Gasteiger partial charge on any atom is -0.312 e. The van der Waals surface area contributed by atoms with Gasteiger partial charge in [-0.1, -0.05) is 12.1 Å². The Kier molecular flexibility index (Phi) is 6.39. The summed E-state index contributed by atoms with van der Waals surface area (Å²) in [4.78, 5) is 3.91. The predicted molar refractivity (Wildman–Crippen MR) is 104 cm³/mol. The Morgan fingerprint density at radius 2 is 1.88 bits per heavy atom. The molecular weight excluding hydrogens is 354 g/mol. The molecule has 0 saturated carbocycles. The quantitative estimate of drug-likeness (QED) is 0.827. The van der Waals surface area contributed by atoms with Crippen LogP contribution in [0.15, 0.2) is 29.2 Å². The maximum atomic E-state index is 4.50. The standard InChI is InChI=1S/C18H25N5S.ClH/c1-24-16-4-2-14(3-5-16)13-22-9-6-15(7-10-22)18-21-20-17-12-19-8-11-23(17)18;/h2-5,15,19H,6-13H2,1H3;1H. The second kappa shape index (κ2) is 8.54. The Morgan fingerprint density at radius 3 is 2.60 bits per heavy atom. The summed E-state index contributed by atoms with van der Waals surface area (Å²) in [7, 11) is 0. The van der Waals surface area contributed by atoms with Gasteiger partial charge in [-0.3, -0.25) is 4.90 Å². The summed E-state index contributed by atoms with van der Waals surface area (Å²) in [6.45, 7) is 6.26. The predicted octanol–water partition coefficient (Wildman–Crippen LogP) is 2.90. The van der Waals surface area contributed by atoms with Crippen molar-refractivity contribution in [2.24, 2.45) is 0 Å². The fraction of sp³-hybridized carbons (Fsp3) is 0.556. The number of rotatable bonds is 4. The van der Waals surface area contributed by atoms with E-state index in [1.807, 2.05) is 0 Å². The molecule has 1 aromatic heterocycles. The van der Waals surface area contributed by atoms with Gasteiger partial charge in [0.2, 0.25) is 0 Å². The first-order valence-corrected chi connectivity index (χ1v) is 10.0. The summed E-state index contributed by atoms with van der Waals surface area (Å²) in [5.41, 5.74) is 1.41. The SMILES string of the molecule is CSc1ccc(CN2CCC(c3nnc4n3CCNC4)CC2)cc1.Cl. The summed E-state index contributed by atoms with van der Waals surface area (Å²) >= 11 is 1.80. The molecule has 1 aromatic carbocycles. The average molecular weight is 380 g/mol. The molecule has 0 amide bonds. The van der Waals surface area contributed by atoms with Gasteiger partial charge in [-0.15, -0.1) is 34.4 Å². The lowest BCUT2D eigenvalue weighted by atomic mass is 9.95. The van der Waals surface area contributed by atoms with E-state index < -0.39 is 0 Å². The van der Waals surface area contributed by atoms with Crippen LogP contribution < -0.4 is 5.32 Å². The molecule has 1 fully saturated rings. The number of hydrogen-bond donors (Lipinski definition) is 1. The molecule has 2 aliphatic heterocycles. The number of thioether (sulfide) groups is 1. The van der Waals surface area contributed by atoms with Crippen molar-refractivity contribution in [2.45, 2.75) is 43.3 Å². The van der Waals surface area contributed by atoms with Gasteiger partial charge in [-0.2, -0.15) is 0 Å². The second-order valence-electron chi connectivity index (χ2n) is 6.70. The number of halogens is 1. The van der Waals surface area contributed by atoms with E-state index >= 15 is 0 Å². The zero-order chi connectivity index (χ0) is 16.4. The van der Waals surface area contributed by atoms with E-state index in [4.69, 9.17) is 0 Å². The zero-order valence-electron chi connectivity index (χ0n) is 14.6. The van der Waals surface area contributed by atoms with Gasteiger partial charge in [-0.05, 0) is 49.9 Å². The average Bonchev–Trinajstić information content (AvgIpc) is 3.07. The fourth-order valence-electron chi connectivity index (χ4n) is 3.76. The van der Waals surface area contributed by atoms with Crippen LogP contribution in [0.1, 0.15) is 36.0 Å². The number of aromatic nitrogens is 3. The lowest BCUT2D eigenvalue weighted by molar-refractivity contribution is 0.199. The molecule has 3 heterocycles. The lowest BCUT2D eigenvalue weighted by Gasteiger charge is -2.32. The van der Waals surface area contributed by atoms with Crippen LogP contribution in [0.4, 0.5) is 0 Å². The van der Waals surface area contributed by atoms with Crippen LogP contribution in [-0.2, 0) is 19.6 Å². The van der Waals surface area contributed by atoms with E-state index in [-0.39, 0.29) is 12.4 Å². The van der Waals surface area contributed by atoms with Gasteiger partial charge < -0.3 is 9.88 Å². The van der Waals surface area contributed by atoms with Crippen molar-refractivity contribution in [2.75, 3.05) is 25.9 Å². The molecule has 0 aliphatic carbocycles. The largest absolute Gasteiger partial charge is 0.312 e. The molecule has 0 spiro atoms. The van der Waals surface area contributed by atoms with Crippen LogP contribution in [0.25, 0.3) is 0 Å². The Bertz CT molecular complexity index is 679. The molecule has 7 heteroatoms. The number of likely N-dealkylation sites (tertiary alicyclic amines) is 1.